The molecule has 1 unspecified atom stereocenters. The Morgan fingerprint density at radius 3 is 3.38 bits per heavy atom. The summed E-state index contributed by atoms with van der Waals surface area (Å²) in [6, 6.07) is 0. The summed E-state index contributed by atoms with van der Waals surface area (Å²) in [6.07, 6.45) is 8.12. The lowest BCUT2D eigenvalue weighted by molar-refractivity contribution is 0.709. The van der Waals surface area contributed by atoms with Crippen LogP contribution >= 0.6 is 22.6 Å². The normalized spacial score (nSPS) is 28.9. The van der Waals surface area contributed by atoms with Crippen LogP contribution in [0.1, 0.15) is 19.3 Å². The second-order valence-electron chi connectivity index (χ2n) is 1.97. The summed E-state index contributed by atoms with van der Waals surface area (Å²) in [6.45, 7) is 0. The molecule has 0 spiro atoms. The molecular formula is C6H10IN. The quantitative estimate of drug-likeness (QED) is 0.376. The average Bonchev–Trinajstić information content (AvgIpc) is 1.94. The minimum atomic E-state index is 0.659. The van der Waals surface area contributed by atoms with Crippen molar-refractivity contribution in [1.82, 2.24) is 5.32 Å². The van der Waals surface area contributed by atoms with Crippen molar-refractivity contribution in [3.05, 3.63) is 12.3 Å². The lowest BCUT2D eigenvalue weighted by Crippen LogP contribution is -2.14. The third-order valence-electron chi connectivity index (χ3n) is 1.22. The predicted molar refractivity (Wildman–Crippen MR) is 43.9 cm³/mol. The molecule has 0 radical (unpaired) electrons. The zero-order chi connectivity index (χ0) is 5.82. The molecule has 1 nitrogen and oxygen atoms in total. The van der Waals surface area contributed by atoms with Gasteiger partial charge in [-0.25, -0.2) is 0 Å². The number of hydrogen-bond donors (Lipinski definition) is 1. The number of rotatable bonds is 0. The molecule has 1 rings (SSSR count). The van der Waals surface area contributed by atoms with Crippen molar-refractivity contribution < 1.29 is 0 Å². The lowest BCUT2D eigenvalue weighted by atomic mass is 10.2. The summed E-state index contributed by atoms with van der Waals surface area (Å²) in [4.78, 5) is 0. The summed E-state index contributed by atoms with van der Waals surface area (Å²) in [5.41, 5.74) is 0. The highest BCUT2D eigenvalue weighted by atomic mass is 127. The SMILES string of the molecule is IC1CCCC=CN1. The summed E-state index contributed by atoms with van der Waals surface area (Å²) >= 11 is 2.42. The zero-order valence-electron chi connectivity index (χ0n) is 4.73. The molecule has 1 aliphatic heterocycles. The second-order valence-corrected chi connectivity index (χ2v) is 3.47. The number of hydrogen-bond acceptors (Lipinski definition) is 1. The summed E-state index contributed by atoms with van der Waals surface area (Å²) < 4.78 is 0.659. The van der Waals surface area contributed by atoms with Crippen LogP contribution in [0.25, 0.3) is 0 Å². The number of alkyl halides is 1. The molecule has 0 aromatic rings. The van der Waals surface area contributed by atoms with Gasteiger partial charge in [-0.2, -0.15) is 0 Å². The third kappa shape index (κ3) is 2.03. The number of allylic oxidation sites excluding steroid dienone is 1. The minimum Gasteiger partial charge on any atom is -0.380 e. The van der Waals surface area contributed by atoms with E-state index in [1.807, 2.05) is 0 Å². The Morgan fingerprint density at radius 2 is 2.50 bits per heavy atom. The van der Waals surface area contributed by atoms with Crippen molar-refractivity contribution in [2.45, 2.75) is 23.3 Å². The molecule has 8 heavy (non-hydrogen) atoms. The molecule has 0 aromatic carbocycles. The van der Waals surface area contributed by atoms with E-state index < -0.39 is 0 Å². The molecule has 0 saturated heterocycles. The fraction of sp³-hybridized carbons (Fsp3) is 0.667. The molecule has 0 amide bonds. The molecule has 1 atom stereocenters. The zero-order valence-corrected chi connectivity index (χ0v) is 6.89. The maximum absolute atomic E-state index is 3.25. The standard InChI is InChI=1S/C6H10IN/c7-6-4-2-1-3-5-8-6/h3,5-6,8H,1-2,4H2. The third-order valence-corrected chi connectivity index (χ3v) is 2.21. The minimum absolute atomic E-state index is 0.659. The fourth-order valence-electron chi connectivity index (χ4n) is 0.754. The molecule has 2 heteroatoms. The fourth-order valence-corrected chi connectivity index (χ4v) is 1.40. The van der Waals surface area contributed by atoms with E-state index in [1.54, 1.807) is 0 Å². The topological polar surface area (TPSA) is 12.0 Å². The molecule has 1 N–H and O–H groups in total. The van der Waals surface area contributed by atoms with Crippen LogP contribution in [-0.4, -0.2) is 4.05 Å². The van der Waals surface area contributed by atoms with Crippen molar-refractivity contribution in [2.24, 2.45) is 0 Å². The van der Waals surface area contributed by atoms with Gasteiger partial charge < -0.3 is 5.32 Å². The second kappa shape index (κ2) is 3.33. The average molecular weight is 223 g/mol. The Labute approximate surface area is 63.7 Å². The van der Waals surface area contributed by atoms with E-state index in [4.69, 9.17) is 0 Å². The Balaban J connectivity index is 2.30. The Hall–Kier alpha value is 0.270. The summed E-state index contributed by atoms with van der Waals surface area (Å²) in [5.74, 6) is 0. The van der Waals surface area contributed by atoms with Gasteiger partial charge in [-0.05, 0) is 25.5 Å². The highest BCUT2D eigenvalue weighted by Gasteiger charge is 2.00. The van der Waals surface area contributed by atoms with E-state index in [-0.39, 0.29) is 0 Å². The molecule has 0 saturated carbocycles. The van der Waals surface area contributed by atoms with E-state index in [0.29, 0.717) is 4.05 Å². The van der Waals surface area contributed by atoms with Crippen LogP contribution in [0.2, 0.25) is 0 Å². The molecule has 46 valence electrons. The summed E-state index contributed by atoms with van der Waals surface area (Å²) in [5, 5.41) is 3.25. The monoisotopic (exact) mass is 223 g/mol. The molecule has 0 aliphatic carbocycles. The maximum atomic E-state index is 3.25. The van der Waals surface area contributed by atoms with E-state index >= 15 is 0 Å². The Morgan fingerprint density at radius 1 is 1.62 bits per heavy atom. The molecule has 0 aromatic heterocycles. The lowest BCUT2D eigenvalue weighted by Gasteiger charge is -2.03. The Kier molecular flexibility index (Phi) is 2.66. The highest BCUT2D eigenvalue weighted by Crippen LogP contribution is 2.10. The number of halogens is 1. The van der Waals surface area contributed by atoms with Gasteiger partial charge in [0.05, 0.1) is 4.05 Å². The van der Waals surface area contributed by atoms with Crippen LogP contribution in [-0.2, 0) is 0 Å². The first-order valence-electron chi connectivity index (χ1n) is 2.95. The van der Waals surface area contributed by atoms with Gasteiger partial charge in [-0.1, -0.05) is 28.7 Å². The van der Waals surface area contributed by atoms with Crippen molar-refractivity contribution >= 4 is 22.6 Å². The van der Waals surface area contributed by atoms with E-state index in [1.165, 1.54) is 19.3 Å². The van der Waals surface area contributed by atoms with Gasteiger partial charge in [-0.3, -0.25) is 0 Å². The molecule has 1 heterocycles. The van der Waals surface area contributed by atoms with E-state index in [9.17, 15) is 0 Å². The van der Waals surface area contributed by atoms with Gasteiger partial charge >= 0.3 is 0 Å². The van der Waals surface area contributed by atoms with Crippen LogP contribution in [0.3, 0.4) is 0 Å². The maximum Gasteiger partial charge on any atom is 0.0776 e. The van der Waals surface area contributed by atoms with Crippen LogP contribution < -0.4 is 5.32 Å². The van der Waals surface area contributed by atoms with Crippen molar-refractivity contribution in [3.63, 3.8) is 0 Å². The molecule has 0 bridgehead atoms. The molecular weight excluding hydrogens is 213 g/mol. The molecule has 1 aliphatic rings. The van der Waals surface area contributed by atoms with Gasteiger partial charge in [0.1, 0.15) is 0 Å². The summed E-state index contributed by atoms with van der Waals surface area (Å²) in [7, 11) is 0. The first-order valence-corrected chi connectivity index (χ1v) is 4.19. The van der Waals surface area contributed by atoms with Gasteiger partial charge in [-0.15, -0.1) is 0 Å². The first-order chi connectivity index (χ1) is 3.89. The van der Waals surface area contributed by atoms with Crippen LogP contribution in [0, 0.1) is 0 Å². The van der Waals surface area contributed by atoms with Crippen LogP contribution in [0.15, 0.2) is 12.3 Å². The van der Waals surface area contributed by atoms with Crippen molar-refractivity contribution in [1.29, 1.82) is 0 Å². The van der Waals surface area contributed by atoms with Gasteiger partial charge in [0.2, 0.25) is 0 Å². The Bertz CT molecular complexity index is 90.5. The smallest absolute Gasteiger partial charge is 0.0776 e. The van der Waals surface area contributed by atoms with Gasteiger partial charge in [0, 0.05) is 0 Å². The predicted octanol–water partition coefficient (Wildman–Crippen LogP) is 2.03. The largest absolute Gasteiger partial charge is 0.380 e. The highest BCUT2D eigenvalue weighted by molar-refractivity contribution is 14.1. The molecule has 0 fully saturated rings. The number of nitrogens with one attached hydrogen (secondary N) is 1. The first kappa shape index (κ1) is 6.39. The van der Waals surface area contributed by atoms with Crippen molar-refractivity contribution in [3.8, 4) is 0 Å². The van der Waals surface area contributed by atoms with Crippen molar-refractivity contribution in [2.75, 3.05) is 0 Å². The van der Waals surface area contributed by atoms with E-state index in [0.717, 1.165) is 0 Å². The van der Waals surface area contributed by atoms with Crippen LogP contribution in [0.5, 0.6) is 0 Å². The van der Waals surface area contributed by atoms with Crippen LogP contribution in [0.4, 0.5) is 0 Å². The van der Waals surface area contributed by atoms with E-state index in [2.05, 4.69) is 40.2 Å². The van der Waals surface area contributed by atoms with Gasteiger partial charge in [0.25, 0.3) is 0 Å². The van der Waals surface area contributed by atoms with Gasteiger partial charge in [0.15, 0.2) is 0 Å².